The van der Waals surface area contributed by atoms with Gasteiger partial charge in [-0.3, -0.25) is 4.79 Å². The third kappa shape index (κ3) is 3.45. The van der Waals surface area contributed by atoms with Crippen LogP contribution in [0.1, 0.15) is 27.5 Å². The summed E-state index contributed by atoms with van der Waals surface area (Å²) in [6.07, 6.45) is 0. The number of ether oxygens (including phenoxy) is 2. The van der Waals surface area contributed by atoms with Crippen LogP contribution < -0.4 is 14.8 Å². The average Bonchev–Trinajstić information content (AvgIpc) is 3.28. The summed E-state index contributed by atoms with van der Waals surface area (Å²) in [7, 11) is 3.20. The SMILES string of the molecule is COc1ccc(C(=O)N2C[C@@H]3CNC[C@@H]3[C@@H]2c2ccccc2C)c(OC)c1.Cl. The fourth-order valence-corrected chi connectivity index (χ4v) is 4.58. The van der Waals surface area contributed by atoms with E-state index >= 15 is 0 Å². The molecular weight excluding hydrogens is 376 g/mol. The van der Waals surface area contributed by atoms with E-state index < -0.39 is 0 Å². The van der Waals surface area contributed by atoms with Crippen molar-refractivity contribution in [1.82, 2.24) is 10.2 Å². The van der Waals surface area contributed by atoms with E-state index in [1.165, 1.54) is 11.1 Å². The molecule has 0 bridgehead atoms. The molecule has 3 atom stereocenters. The first kappa shape index (κ1) is 20.5. The summed E-state index contributed by atoms with van der Waals surface area (Å²) in [6, 6.07) is 13.9. The molecule has 4 rings (SSSR count). The van der Waals surface area contributed by atoms with Gasteiger partial charge in [0, 0.05) is 31.6 Å². The lowest BCUT2D eigenvalue weighted by atomic mass is 9.87. The molecule has 2 aromatic carbocycles. The lowest BCUT2D eigenvalue weighted by Gasteiger charge is -2.30. The fourth-order valence-electron chi connectivity index (χ4n) is 4.58. The highest BCUT2D eigenvalue weighted by Crippen LogP contribution is 2.44. The number of aryl methyl sites for hydroxylation is 1. The first-order valence-corrected chi connectivity index (χ1v) is 9.43. The second kappa shape index (κ2) is 8.41. The number of likely N-dealkylation sites (tertiary alicyclic amines) is 1. The molecule has 2 fully saturated rings. The summed E-state index contributed by atoms with van der Waals surface area (Å²) in [5.41, 5.74) is 3.06. The Bertz CT molecular complexity index is 857. The highest BCUT2D eigenvalue weighted by Gasteiger charge is 2.47. The summed E-state index contributed by atoms with van der Waals surface area (Å²) in [5.74, 6) is 2.19. The second-order valence-electron chi connectivity index (χ2n) is 7.41. The lowest BCUT2D eigenvalue weighted by molar-refractivity contribution is 0.0710. The van der Waals surface area contributed by atoms with Gasteiger partial charge >= 0.3 is 0 Å². The van der Waals surface area contributed by atoms with Gasteiger partial charge in [-0.2, -0.15) is 0 Å². The Labute approximate surface area is 172 Å². The Hall–Kier alpha value is -2.24. The van der Waals surface area contributed by atoms with Gasteiger partial charge in [0.05, 0.1) is 25.8 Å². The monoisotopic (exact) mass is 402 g/mol. The van der Waals surface area contributed by atoms with Crippen LogP contribution in [0, 0.1) is 18.8 Å². The van der Waals surface area contributed by atoms with Crippen LogP contribution in [0.15, 0.2) is 42.5 Å². The molecule has 1 N–H and O–H groups in total. The van der Waals surface area contributed by atoms with E-state index in [0.29, 0.717) is 28.9 Å². The van der Waals surface area contributed by atoms with Crippen molar-refractivity contribution >= 4 is 18.3 Å². The zero-order valence-corrected chi connectivity index (χ0v) is 17.3. The predicted octanol–water partition coefficient (Wildman–Crippen LogP) is 3.47. The highest BCUT2D eigenvalue weighted by molar-refractivity contribution is 5.97. The van der Waals surface area contributed by atoms with Gasteiger partial charge in [0.2, 0.25) is 0 Å². The first-order chi connectivity index (χ1) is 13.1. The molecule has 0 aromatic heterocycles. The first-order valence-electron chi connectivity index (χ1n) is 9.43. The highest BCUT2D eigenvalue weighted by atomic mass is 35.5. The number of carbonyl (C=O) groups excluding carboxylic acids is 1. The lowest BCUT2D eigenvalue weighted by Crippen LogP contribution is -2.35. The number of benzene rings is 2. The maximum atomic E-state index is 13.5. The molecule has 1 amide bonds. The number of rotatable bonds is 4. The van der Waals surface area contributed by atoms with Crippen LogP contribution in [0.3, 0.4) is 0 Å². The quantitative estimate of drug-likeness (QED) is 0.850. The van der Waals surface area contributed by atoms with Gasteiger partial charge in [-0.15, -0.1) is 12.4 Å². The topological polar surface area (TPSA) is 50.8 Å². The van der Waals surface area contributed by atoms with E-state index in [4.69, 9.17) is 9.47 Å². The summed E-state index contributed by atoms with van der Waals surface area (Å²) in [6.45, 7) is 4.82. The number of fused-ring (bicyclic) bond motifs is 1. The molecule has 6 heteroatoms. The number of amides is 1. The van der Waals surface area contributed by atoms with Crippen molar-refractivity contribution in [3.63, 3.8) is 0 Å². The Morgan fingerprint density at radius 2 is 1.89 bits per heavy atom. The minimum atomic E-state index is 0. The number of hydrogen-bond donors (Lipinski definition) is 1. The van der Waals surface area contributed by atoms with E-state index in [9.17, 15) is 4.79 Å². The molecule has 28 heavy (non-hydrogen) atoms. The molecule has 5 nitrogen and oxygen atoms in total. The van der Waals surface area contributed by atoms with Crippen LogP contribution in [0.4, 0.5) is 0 Å². The maximum Gasteiger partial charge on any atom is 0.258 e. The number of nitrogens with one attached hydrogen (secondary N) is 1. The molecule has 2 aliphatic rings. The van der Waals surface area contributed by atoms with E-state index in [0.717, 1.165) is 19.6 Å². The number of hydrogen-bond acceptors (Lipinski definition) is 4. The summed E-state index contributed by atoms with van der Waals surface area (Å²) in [5, 5.41) is 3.50. The molecule has 0 saturated carbocycles. The minimum Gasteiger partial charge on any atom is -0.497 e. The Balaban J connectivity index is 0.00000225. The third-order valence-corrected chi connectivity index (χ3v) is 5.97. The Morgan fingerprint density at radius 3 is 2.61 bits per heavy atom. The molecule has 2 heterocycles. The van der Waals surface area contributed by atoms with E-state index in [2.05, 4.69) is 36.5 Å². The standard InChI is InChI=1S/C22H26N2O3.ClH/c1-14-6-4-5-7-17(14)21-19-12-23-11-15(19)13-24(21)22(25)18-9-8-16(26-2)10-20(18)27-3;/h4-10,15,19,21,23H,11-13H2,1-3H3;1H/t15-,19-,21-;/m0./s1. The number of methoxy groups -OCH3 is 2. The molecule has 150 valence electrons. The molecular formula is C22H27ClN2O3. The fraction of sp³-hybridized carbons (Fsp3) is 0.409. The van der Waals surface area contributed by atoms with Crippen molar-refractivity contribution in [3.05, 3.63) is 59.2 Å². The average molecular weight is 403 g/mol. The molecule has 0 unspecified atom stereocenters. The van der Waals surface area contributed by atoms with Crippen LogP contribution in [-0.2, 0) is 0 Å². The van der Waals surface area contributed by atoms with Crippen molar-refractivity contribution in [3.8, 4) is 11.5 Å². The summed E-state index contributed by atoms with van der Waals surface area (Å²) in [4.78, 5) is 15.6. The molecule has 2 saturated heterocycles. The van der Waals surface area contributed by atoms with Crippen molar-refractivity contribution in [2.24, 2.45) is 11.8 Å². The van der Waals surface area contributed by atoms with Crippen LogP contribution in [-0.4, -0.2) is 44.7 Å². The van der Waals surface area contributed by atoms with Gasteiger partial charge in [-0.1, -0.05) is 24.3 Å². The van der Waals surface area contributed by atoms with E-state index in [1.54, 1.807) is 26.4 Å². The van der Waals surface area contributed by atoms with E-state index in [1.807, 2.05) is 11.0 Å². The zero-order valence-electron chi connectivity index (χ0n) is 16.5. The summed E-state index contributed by atoms with van der Waals surface area (Å²) < 4.78 is 10.8. The number of halogens is 1. The Morgan fingerprint density at radius 1 is 1.11 bits per heavy atom. The molecule has 2 aliphatic heterocycles. The van der Waals surface area contributed by atoms with Crippen LogP contribution in [0.5, 0.6) is 11.5 Å². The molecule has 0 radical (unpaired) electrons. The van der Waals surface area contributed by atoms with Crippen LogP contribution in [0.25, 0.3) is 0 Å². The number of carbonyl (C=O) groups is 1. The smallest absolute Gasteiger partial charge is 0.258 e. The van der Waals surface area contributed by atoms with Crippen molar-refractivity contribution in [1.29, 1.82) is 0 Å². The molecule has 0 aliphatic carbocycles. The normalized spacial score (nSPS) is 23.1. The molecule has 0 spiro atoms. The summed E-state index contributed by atoms with van der Waals surface area (Å²) >= 11 is 0. The van der Waals surface area contributed by atoms with Gasteiger partial charge < -0.3 is 19.7 Å². The van der Waals surface area contributed by atoms with Gasteiger partial charge in [0.25, 0.3) is 5.91 Å². The van der Waals surface area contributed by atoms with Gasteiger partial charge in [-0.05, 0) is 36.1 Å². The van der Waals surface area contributed by atoms with Crippen molar-refractivity contribution in [2.75, 3.05) is 33.9 Å². The zero-order chi connectivity index (χ0) is 19.0. The van der Waals surface area contributed by atoms with Crippen molar-refractivity contribution in [2.45, 2.75) is 13.0 Å². The minimum absolute atomic E-state index is 0. The van der Waals surface area contributed by atoms with Crippen molar-refractivity contribution < 1.29 is 14.3 Å². The second-order valence-corrected chi connectivity index (χ2v) is 7.41. The van der Waals surface area contributed by atoms with Gasteiger partial charge in [-0.25, -0.2) is 0 Å². The maximum absolute atomic E-state index is 13.5. The van der Waals surface area contributed by atoms with Gasteiger partial charge in [0.1, 0.15) is 11.5 Å². The third-order valence-electron chi connectivity index (χ3n) is 5.97. The Kier molecular flexibility index (Phi) is 6.16. The predicted molar refractivity (Wildman–Crippen MR) is 112 cm³/mol. The van der Waals surface area contributed by atoms with Gasteiger partial charge in [0.15, 0.2) is 0 Å². The largest absolute Gasteiger partial charge is 0.497 e. The van der Waals surface area contributed by atoms with Crippen LogP contribution >= 0.6 is 12.4 Å². The van der Waals surface area contributed by atoms with Crippen LogP contribution in [0.2, 0.25) is 0 Å². The molecule has 2 aromatic rings. The number of nitrogens with zero attached hydrogens (tertiary/aromatic N) is 1. The van der Waals surface area contributed by atoms with E-state index in [-0.39, 0.29) is 24.4 Å².